The quantitative estimate of drug-likeness (QED) is 0.129. The van der Waals surface area contributed by atoms with Crippen molar-refractivity contribution in [2.45, 2.75) is 61.3 Å². The van der Waals surface area contributed by atoms with Crippen LogP contribution in [-0.2, 0) is 48.6 Å². The van der Waals surface area contributed by atoms with Gasteiger partial charge < -0.3 is 44.5 Å². The van der Waals surface area contributed by atoms with E-state index in [1.54, 1.807) is 4.72 Å². The minimum Gasteiger partial charge on any atom is -0.479 e. The Balaban J connectivity index is 2.39. The standard InChI is InChI=1S/C13H23NO17S2/c1-27-8-3(2-28-33(24,25)26)29-13(4(5(8)15)14-32(21,22)23)31-9-6(16)7(17)12(20)30-10(9)11(18)19/h3-10,12-17,20H,2H2,1H3,(H,18,19)(H,21,22,23)(H,24,25,26)/t3-,4-,5-,6-,7-,8-,9+,10-,12-,13-/m1/s1. The fourth-order valence-electron chi connectivity index (χ4n) is 3.27. The lowest BCUT2D eigenvalue weighted by Gasteiger charge is -2.46. The molecular weight excluding hydrogens is 506 g/mol. The second-order valence-corrected chi connectivity index (χ2v) is 9.21. The number of carboxylic acids is 1. The second kappa shape index (κ2) is 10.7. The summed E-state index contributed by atoms with van der Waals surface area (Å²) in [6.45, 7) is -1.01. The van der Waals surface area contributed by atoms with Gasteiger partial charge in [0, 0.05) is 7.11 Å². The fourth-order valence-corrected chi connectivity index (χ4v) is 4.17. The number of hydrogen-bond donors (Lipinski definition) is 8. The van der Waals surface area contributed by atoms with Gasteiger partial charge in [0.05, 0.1) is 6.61 Å². The molecule has 0 aromatic carbocycles. The van der Waals surface area contributed by atoms with Crippen molar-refractivity contribution in [1.82, 2.24) is 4.72 Å². The Kier molecular flexibility index (Phi) is 9.08. The van der Waals surface area contributed by atoms with Gasteiger partial charge in [-0.15, -0.1) is 0 Å². The highest BCUT2D eigenvalue weighted by atomic mass is 32.3. The number of nitrogens with one attached hydrogen (secondary N) is 1. The molecule has 2 heterocycles. The van der Waals surface area contributed by atoms with Crippen LogP contribution in [0.5, 0.6) is 0 Å². The third kappa shape index (κ3) is 7.19. The summed E-state index contributed by atoms with van der Waals surface area (Å²) in [5, 5.41) is 49.3. The van der Waals surface area contributed by atoms with Crippen LogP contribution in [0.15, 0.2) is 0 Å². The van der Waals surface area contributed by atoms with Crippen molar-refractivity contribution in [2.24, 2.45) is 0 Å². The molecule has 2 aliphatic heterocycles. The van der Waals surface area contributed by atoms with Crippen molar-refractivity contribution >= 4 is 26.7 Å². The predicted octanol–water partition coefficient (Wildman–Crippen LogP) is -5.42. The number of carbonyl (C=O) groups is 1. The van der Waals surface area contributed by atoms with E-state index in [4.69, 9.17) is 23.3 Å². The first-order valence-electron chi connectivity index (χ1n) is 8.86. The predicted molar refractivity (Wildman–Crippen MR) is 96.8 cm³/mol. The molecule has 2 aliphatic rings. The summed E-state index contributed by atoms with van der Waals surface area (Å²) in [6.07, 6.45) is -17.8. The summed E-state index contributed by atoms with van der Waals surface area (Å²) in [7, 11) is -9.08. The summed E-state index contributed by atoms with van der Waals surface area (Å²) < 4.78 is 88.2. The Bertz CT molecular complexity index is 893. The van der Waals surface area contributed by atoms with Crippen LogP contribution >= 0.6 is 0 Å². The van der Waals surface area contributed by atoms with E-state index >= 15 is 0 Å². The molecule has 8 N–H and O–H groups in total. The normalized spacial score (nSPS) is 40.5. The van der Waals surface area contributed by atoms with E-state index < -0.39 is 94.6 Å². The highest BCUT2D eigenvalue weighted by molar-refractivity contribution is 7.83. The first kappa shape index (κ1) is 28.1. The molecule has 0 aliphatic carbocycles. The summed E-state index contributed by atoms with van der Waals surface area (Å²) in [5.74, 6) is -1.79. The summed E-state index contributed by atoms with van der Waals surface area (Å²) in [5.41, 5.74) is 0. The lowest BCUT2D eigenvalue weighted by Crippen LogP contribution is -2.68. The van der Waals surface area contributed by atoms with Crippen molar-refractivity contribution < 1.29 is 79.4 Å². The van der Waals surface area contributed by atoms with Crippen LogP contribution < -0.4 is 4.72 Å². The molecule has 0 aromatic rings. The van der Waals surface area contributed by atoms with Gasteiger partial charge in [-0.1, -0.05) is 0 Å². The van der Waals surface area contributed by atoms with Gasteiger partial charge in [0.15, 0.2) is 18.7 Å². The Morgan fingerprint density at radius 1 is 0.970 bits per heavy atom. The summed E-state index contributed by atoms with van der Waals surface area (Å²) in [4.78, 5) is 11.5. The van der Waals surface area contributed by atoms with Crippen molar-refractivity contribution in [3.05, 3.63) is 0 Å². The van der Waals surface area contributed by atoms with E-state index in [2.05, 4.69) is 8.92 Å². The molecule has 10 atom stereocenters. The van der Waals surface area contributed by atoms with Crippen LogP contribution in [0, 0.1) is 0 Å². The lowest BCUT2D eigenvalue weighted by molar-refractivity contribution is -0.335. The highest BCUT2D eigenvalue weighted by Crippen LogP contribution is 2.30. The number of carboxylic acid groups (broad SMARTS) is 1. The average Bonchev–Trinajstić information content (AvgIpc) is 2.67. The van der Waals surface area contributed by atoms with Gasteiger partial charge in [0.25, 0.3) is 0 Å². The zero-order valence-electron chi connectivity index (χ0n) is 16.5. The third-order valence-corrected chi connectivity index (χ3v) is 5.71. The number of aliphatic carboxylic acids is 1. The van der Waals surface area contributed by atoms with Gasteiger partial charge in [0.2, 0.25) is 0 Å². The van der Waals surface area contributed by atoms with Crippen molar-refractivity contribution in [1.29, 1.82) is 0 Å². The Morgan fingerprint density at radius 3 is 2.06 bits per heavy atom. The van der Waals surface area contributed by atoms with E-state index in [9.17, 15) is 47.2 Å². The van der Waals surface area contributed by atoms with Gasteiger partial charge in [-0.3, -0.25) is 9.11 Å². The molecule has 194 valence electrons. The minimum atomic E-state index is -5.07. The zero-order chi connectivity index (χ0) is 25.3. The molecule has 20 heteroatoms. The van der Waals surface area contributed by atoms with Crippen molar-refractivity contribution in [3.63, 3.8) is 0 Å². The van der Waals surface area contributed by atoms with E-state index in [1.807, 2.05) is 0 Å². The number of methoxy groups -OCH3 is 1. The smallest absolute Gasteiger partial charge is 0.397 e. The molecule has 2 saturated heterocycles. The van der Waals surface area contributed by atoms with Crippen molar-refractivity contribution in [2.75, 3.05) is 13.7 Å². The first-order chi connectivity index (χ1) is 15.1. The van der Waals surface area contributed by atoms with Crippen LogP contribution in [0.3, 0.4) is 0 Å². The molecule has 0 amide bonds. The van der Waals surface area contributed by atoms with E-state index in [0.717, 1.165) is 7.11 Å². The summed E-state index contributed by atoms with van der Waals surface area (Å²) in [6, 6.07) is -1.96. The van der Waals surface area contributed by atoms with Crippen LogP contribution in [0.25, 0.3) is 0 Å². The van der Waals surface area contributed by atoms with Gasteiger partial charge in [-0.2, -0.15) is 21.6 Å². The Labute approximate surface area is 186 Å². The van der Waals surface area contributed by atoms with E-state index in [-0.39, 0.29) is 0 Å². The minimum absolute atomic E-state index is 1.00. The molecule has 0 saturated carbocycles. The largest absolute Gasteiger partial charge is 0.479 e. The second-order valence-electron chi connectivity index (χ2n) is 6.93. The van der Waals surface area contributed by atoms with Gasteiger partial charge in [-0.25, -0.2) is 8.98 Å². The molecule has 2 rings (SSSR count). The maximum atomic E-state index is 11.5. The molecule has 33 heavy (non-hydrogen) atoms. The zero-order valence-corrected chi connectivity index (χ0v) is 18.1. The number of ether oxygens (including phenoxy) is 4. The summed E-state index contributed by atoms with van der Waals surface area (Å²) >= 11 is 0. The van der Waals surface area contributed by atoms with Crippen molar-refractivity contribution in [3.8, 4) is 0 Å². The first-order valence-corrected chi connectivity index (χ1v) is 11.7. The van der Waals surface area contributed by atoms with Gasteiger partial charge in [-0.05, 0) is 0 Å². The van der Waals surface area contributed by atoms with Crippen LogP contribution in [0.1, 0.15) is 0 Å². The number of rotatable bonds is 9. The average molecular weight is 529 g/mol. The molecule has 0 aromatic heterocycles. The van der Waals surface area contributed by atoms with Crippen LogP contribution in [0.2, 0.25) is 0 Å². The topological polar surface area (TPSA) is 285 Å². The highest BCUT2D eigenvalue weighted by Gasteiger charge is 2.53. The lowest BCUT2D eigenvalue weighted by atomic mass is 9.96. The number of aliphatic hydroxyl groups is 4. The van der Waals surface area contributed by atoms with Crippen LogP contribution in [0.4, 0.5) is 0 Å². The van der Waals surface area contributed by atoms with Gasteiger partial charge in [0.1, 0.15) is 42.7 Å². The Hall–Kier alpha value is -1.11. The monoisotopic (exact) mass is 529 g/mol. The maximum absolute atomic E-state index is 11.5. The molecule has 0 radical (unpaired) electrons. The number of hydrogen-bond acceptors (Lipinski definition) is 14. The molecular formula is C13H23NO17S2. The molecule has 2 fully saturated rings. The van der Waals surface area contributed by atoms with Crippen LogP contribution in [-0.4, -0.2) is 133 Å². The van der Waals surface area contributed by atoms with E-state index in [1.165, 1.54) is 0 Å². The number of aliphatic hydroxyl groups excluding tert-OH is 4. The Morgan fingerprint density at radius 2 is 1.58 bits per heavy atom. The fraction of sp³-hybridized carbons (Fsp3) is 0.923. The molecule has 0 spiro atoms. The molecule has 18 nitrogen and oxygen atoms in total. The third-order valence-electron chi connectivity index (χ3n) is 4.71. The SMILES string of the molecule is CO[C@H]1[C@H](O)[C@@H](NS(=O)(=O)O)[C@@H](O[C@H]2[C@H](O)[C@@H](O)[C@H](O)O[C@H]2C(=O)O)O[C@@H]1COS(=O)(=O)O. The van der Waals surface area contributed by atoms with Gasteiger partial charge >= 0.3 is 26.7 Å². The molecule has 0 unspecified atom stereocenters. The van der Waals surface area contributed by atoms with E-state index in [0.29, 0.717) is 0 Å². The maximum Gasteiger partial charge on any atom is 0.397 e. The molecule has 0 bridgehead atoms.